The van der Waals surface area contributed by atoms with Crippen LogP contribution in [0.5, 0.6) is 5.75 Å². The largest absolute Gasteiger partial charge is 0.497 e. The molecule has 0 aliphatic heterocycles. The van der Waals surface area contributed by atoms with Crippen LogP contribution in [0.4, 0.5) is 19.0 Å². The number of hydrogen-bond donors (Lipinski definition) is 1. The maximum atomic E-state index is 13.1. The lowest BCUT2D eigenvalue weighted by atomic mass is 9.82. The summed E-state index contributed by atoms with van der Waals surface area (Å²) >= 11 is 6.07. The van der Waals surface area contributed by atoms with Gasteiger partial charge in [0.15, 0.2) is 17.1 Å². The number of carbonyl (C=O) groups is 1. The molecule has 2 heterocycles. The molecule has 0 saturated heterocycles. The molecule has 2 aromatic heterocycles. The number of methoxy groups -OCH3 is 1. The molecule has 0 radical (unpaired) electrons. The van der Waals surface area contributed by atoms with Crippen LogP contribution in [0.3, 0.4) is 0 Å². The first-order valence-electron chi connectivity index (χ1n) is 10.4. The molecule has 1 fully saturated rings. The van der Waals surface area contributed by atoms with Crippen LogP contribution in [0, 0.1) is 5.92 Å². The Morgan fingerprint density at radius 2 is 1.97 bits per heavy atom. The molecule has 9 heteroatoms. The van der Waals surface area contributed by atoms with Crippen LogP contribution in [-0.2, 0) is 6.18 Å². The number of pyridine rings is 1. The van der Waals surface area contributed by atoms with E-state index >= 15 is 0 Å². The number of halogens is 4. The molecule has 1 N–H and O–H groups in total. The Balaban J connectivity index is 1.46. The molecule has 0 unspecified atom stereocenters. The van der Waals surface area contributed by atoms with Gasteiger partial charge >= 0.3 is 6.18 Å². The number of imidazole rings is 1. The minimum Gasteiger partial charge on any atom is -0.497 e. The number of Topliss-reactive ketones (excluding diaryl/α,β-unsaturated/α-hetero) is 1. The Kier molecular flexibility index (Phi) is 6.33. The van der Waals surface area contributed by atoms with Gasteiger partial charge in [-0.05, 0) is 61.6 Å². The zero-order valence-corrected chi connectivity index (χ0v) is 18.2. The number of carbonyl (C=O) groups excluding carboxylic acids is 1. The zero-order chi connectivity index (χ0) is 22.9. The van der Waals surface area contributed by atoms with Gasteiger partial charge in [-0.2, -0.15) is 13.2 Å². The standard InChI is InChI=1S/C23H23ClF3N3O2/c1-32-17-7-5-15(6-8-17)19(31)12-14-3-2-4-16(11-14)28-21-10-9-18(24)22-29-20(13-30(21)22)23(25,26)27/h5-10,13-14,16,28H,2-4,11-12H2,1H3/t14-,16+/m1/s1. The molecular formula is C23H23ClF3N3O2. The SMILES string of the molecule is COc1ccc(C(=O)C[C@@H]2CCC[C@H](Nc3ccc(Cl)c4nc(C(F)(F)F)cn34)C2)cc1. The van der Waals surface area contributed by atoms with Crippen molar-refractivity contribution < 1.29 is 22.7 Å². The summed E-state index contributed by atoms with van der Waals surface area (Å²) in [6.07, 6.45) is 0.350. The van der Waals surface area contributed by atoms with Gasteiger partial charge in [0.1, 0.15) is 11.6 Å². The highest BCUT2D eigenvalue weighted by molar-refractivity contribution is 6.33. The quantitative estimate of drug-likeness (QED) is 0.436. The monoisotopic (exact) mass is 465 g/mol. The number of fused-ring (bicyclic) bond motifs is 1. The lowest BCUT2D eigenvalue weighted by Gasteiger charge is -2.30. The predicted octanol–water partition coefficient (Wildman–Crippen LogP) is 6.26. The van der Waals surface area contributed by atoms with Crippen LogP contribution in [0.1, 0.15) is 48.2 Å². The summed E-state index contributed by atoms with van der Waals surface area (Å²) in [4.78, 5) is 16.3. The first kappa shape index (κ1) is 22.5. The fourth-order valence-electron chi connectivity index (χ4n) is 4.27. The Morgan fingerprint density at radius 3 is 2.66 bits per heavy atom. The van der Waals surface area contributed by atoms with Crippen LogP contribution >= 0.6 is 11.6 Å². The number of ketones is 1. The fourth-order valence-corrected chi connectivity index (χ4v) is 4.46. The van der Waals surface area contributed by atoms with Crippen molar-refractivity contribution in [3.8, 4) is 5.75 Å². The molecule has 1 saturated carbocycles. The molecule has 1 aliphatic rings. The van der Waals surface area contributed by atoms with Gasteiger partial charge in [-0.1, -0.05) is 18.0 Å². The molecule has 5 nitrogen and oxygen atoms in total. The highest BCUT2D eigenvalue weighted by Gasteiger charge is 2.34. The van der Waals surface area contributed by atoms with Crippen LogP contribution in [-0.4, -0.2) is 28.3 Å². The molecule has 170 valence electrons. The van der Waals surface area contributed by atoms with Gasteiger partial charge < -0.3 is 10.1 Å². The van der Waals surface area contributed by atoms with Crippen molar-refractivity contribution in [1.29, 1.82) is 0 Å². The van der Waals surface area contributed by atoms with Crippen LogP contribution < -0.4 is 10.1 Å². The molecule has 4 rings (SSSR count). The lowest BCUT2D eigenvalue weighted by molar-refractivity contribution is -0.140. The number of nitrogens with zero attached hydrogens (tertiary/aromatic N) is 2. The smallest absolute Gasteiger partial charge is 0.434 e. The second-order valence-corrected chi connectivity index (χ2v) is 8.52. The third kappa shape index (κ3) is 4.85. The highest BCUT2D eigenvalue weighted by atomic mass is 35.5. The minimum atomic E-state index is -4.55. The molecule has 1 aromatic carbocycles. The van der Waals surface area contributed by atoms with E-state index < -0.39 is 11.9 Å². The average Bonchev–Trinajstić information content (AvgIpc) is 3.23. The van der Waals surface area contributed by atoms with E-state index in [9.17, 15) is 18.0 Å². The van der Waals surface area contributed by atoms with E-state index in [1.54, 1.807) is 43.5 Å². The zero-order valence-electron chi connectivity index (χ0n) is 17.5. The second kappa shape index (κ2) is 9.02. The molecule has 0 amide bonds. The van der Waals surface area contributed by atoms with Gasteiger partial charge in [0, 0.05) is 24.2 Å². The van der Waals surface area contributed by atoms with Gasteiger partial charge in [0.05, 0.1) is 12.1 Å². The van der Waals surface area contributed by atoms with Crippen molar-refractivity contribution in [1.82, 2.24) is 9.38 Å². The maximum Gasteiger partial charge on any atom is 0.434 e. The number of nitrogens with one attached hydrogen (secondary N) is 1. The van der Waals surface area contributed by atoms with Crippen molar-refractivity contribution in [3.63, 3.8) is 0 Å². The third-order valence-electron chi connectivity index (χ3n) is 5.88. The first-order chi connectivity index (χ1) is 15.2. The van der Waals surface area contributed by atoms with Gasteiger partial charge in [-0.15, -0.1) is 0 Å². The minimum absolute atomic E-state index is 0.0403. The third-order valence-corrected chi connectivity index (χ3v) is 6.17. The van der Waals surface area contributed by atoms with Gasteiger partial charge in [0.2, 0.25) is 0 Å². The number of rotatable bonds is 6. The topological polar surface area (TPSA) is 55.6 Å². The summed E-state index contributed by atoms with van der Waals surface area (Å²) in [5.74, 6) is 1.48. The van der Waals surface area contributed by atoms with E-state index in [0.717, 1.165) is 31.9 Å². The van der Waals surface area contributed by atoms with Crippen molar-refractivity contribution in [2.45, 2.75) is 44.3 Å². The van der Waals surface area contributed by atoms with E-state index in [1.165, 1.54) is 4.40 Å². The molecular weight excluding hydrogens is 443 g/mol. The molecule has 0 spiro atoms. The summed E-state index contributed by atoms with van der Waals surface area (Å²) in [5.41, 5.74) is -0.273. The van der Waals surface area contributed by atoms with E-state index in [4.69, 9.17) is 16.3 Å². The number of aromatic nitrogens is 2. The second-order valence-electron chi connectivity index (χ2n) is 8.11. The summed E-state index contributed by atoms with van der Waals surface area (Å²) in [6.45, 7) is 0. The summed E-state index contributed by atoms with van der Waals surface area (Å²) in [7, 11) is 1.58. The number of hydrogen-bond acceptors (Lipinski definition) is 4. The van der Waals surface area contributed by atoms with Crippen molar-refractivity contribution in [2.75, 3.05) is 12.4 Å². The number of anilines is 1. The van der Waals surface area contributed by atoms with Gasteiger partial charge in [-0.3, -0.25) is 9.20 Å². The molecule has 2 atom stereocenters. The molecule has 3 aromatic rings. The Morgan fingerprint density at radius 1 is 1.22 bits per heavy atom. The lowest BCUT2D eigenvalue weighted by Crippen LogP contribution is -2.29. The predicted molar refractivity (Wildman–Crippen MR) is 117 cm³/mol. The Hall–Kier alpha value is -2.74. The van der Waals surface area contributed by atoms with Gasteiger partial charge in [-0.25, -0.2) is 4.98 Å². The Labute approximate surface area is 188 Å². The fraction of sp³-hybridized carbons (Fsp3) is 0.391. The van der Waals surface area contributed by atoms with Crippen LogP contribution in [0.2, 0.25) is 5.02 Å². The van der Waals surface area contributed by atoms with Crippen molar-refractivity contribution in [3.05, 3.63) is 58.9 Å². The maximum absolute atomic E-state index is 13.1. The normalized spacial score (nSPS) is 19.2. The van der Waals surface area contributed by atoms with E-state index in [0.29, 0.717) is 23.6 Å². The highest BCUT2D eigenvalue weighted by Crippen LogP contribution is 2.34. The van der Waals surface area contributed by atoms with Crippen molar-refractivity contribution >= 4 is 28.8 Å². The molecule has 0 bridgehead atoms. The van der Waals surface area contributed by atoms with E-state index in [2.05, 4.69) is 10.3 Å². The number of benzene rings is 1. The van der Waals surface area contributed by atoms with E-state index in [1.807, 2.05) is 0 Å². The van der Waals surface area contributed by atoms with Gasteiger partial charge in [0.25, 0.3) is 0 Å². The molecule has 32 heavy (non-hydrogen) atoms. The average molecular weight is 466 g/mol. The van der Waals surface area contributed by atoms with Crippen LogP contribution in [0.25, 0.3) is 5.65 Å². The Bertz CT molecular complexity index is 1110. The first-order valence-corrected chi connectivity index (χ1v) is 10.8. The number of ether oxygens (including phenoxy) is 1. The van der Waals surface area contributed by atoms with E-state index in [-0.39, 0.29) is 28.4 Å². The number of alkyl halides is 3. The van der Waals surface area contributed by atoms with Crippen LogP contribution in [0.15, 0.2) is 42.6 Å². The summed E-state index contributed by atoms with van der Waals surface area (Å²) < 4.78 is 45.9. The summed E-state index contributed by atoms with van der Waals surface area (Å²) in [6, 6.07) is 10.3. The summed E-state index contributed by atoms with van der Waals surface area (Å²) in [5, 5.41) is 3.49. The van der Waals surface area contributed by atoms with Crippen molar-refractivity contribution in [2.24, 2.45) is 5.92 Å². The molecule has 1 aliphatic carbocycles.